The van der Waals surface area contributed by atoms with Crippen molar-refractivity contribution in [3.8, 4) is 11.6 Å². The average Bonchev–Trinajstić information content (AvgIpc) is 2.68. The van der Waals surface area contributed by atoms with Gasteiger partial charge in [-0.25, -0.2) is 13.5 Å². The van der Waals surface area contributed by atoms with Crippen LogP contribution >= 0.6 is 0 Å². The van der Waals surface area contributed by atoms with Crippen LogP contribution in [0.4, 0.5) is 8.78 Å². The van der Waals surface area contributed by atoms with Gasteiger partial charge in [-0.15, -0.1) is 0 Å². The Morgan fingerprint density at radius 2 is 1.85 bits per heavy atom. The van der Waals surface area contributed by atoms with E-state index in [1.165, 1.54) is 13.2 Å². The molecule has 0 atom stereocenters. The molecule has 0 saturated carbocycles. The number of ether oxygens (including phenoxy) is 1. The minimum atomic E-state index is -1.09. The highest BCUT2D eigenvalue weighted by Crippen LogP contribution is 2.17. The monoisotopic (exact) mass is 371 g/mol. The highest BCUT2D eigenvalue weighted by Gasteiger charge is 2.17. The first-order valence-corrected chi connectivity index (χ1v) is 7.95. The van der Waals surface area contributed by atoms with Gasteiger partial charge < -0.3 is 10.1 Å². The predicted octanol–water partition coefficient (Wildman–Crippen LogP) is 2.45. The van der Waals surface area contributed by atoms with Crippen LogP contribution in [0.25, 0.3) is 5.69 Å². The van der Waals surface area contributed by atoms with Gasteiger partial charge in [0, 0.05) is 12.6 Å². The number of nitrogens with one attached hydrogen (secondary N) is 1. The fourth-order valence-corrected chi connectivity index (χ4v) is 2.41. The lowest BCUT2D eigenvalue weighted by molar-refractivity contribution is 0.0942. The summed E-state index contributed by atoms with van der Waals surface area (Å²) in [4.78, 5) is 24.6. The van der Waals surface area contributed by atoms with E-state index in [9.17, 15) is 18.4 Å². The number of aromatic nitrogens is 2. The molecule has 3 aromatic rings. The molecular weight excluding hydrogens is 356 g/mol. The quantitative estimate of drug-likeness (QED) is 0.748. The molecule has 1 aromatic heterocycles. The van der Waals surface area contributed by atoms with Crippen LogP contribution in [-0.4, -0.2) is 22.8 Å². The van der Waals surface area contributed by atoms with E-state index in [0.29, 0.717) is 0 Å². The molecule has 0 unspecified atom stereocenters. The zero-order chi connectivity index (χ0) is 19.4. The van der Waals surface area contributed by atoms with Gasteiger partial charge in [0.05, 0.1) is 18.9 Å². The molecule has 3 rings (SSSR count). The lowest BCUT2D eigenvalue weighted by Crippen LogP contribution is -2.31. The molecule has 1 N–H and O–H groups in total. The summed E-state index contributed by atoms with van der Waals surface area (Å²) in [5.41, 5.74) is -0.101. The van der Waals surface area contributed by atoms with Crippen molar-refractivity contribution in [3.05, 3.63) is 87.7 Å². The molecule has 0 bridgehead atoms. The van der Waals surface area contributed by atoms with Gasteiger partial charge in [0.2, 0.25) is 11.3 Å². The maximum atomic E-state index is 13.5. The Morgan fingerprint density at radius 1 is 1.11 bits per heavy atom. The van der Waals surface area contributed by atoms with Crippen LogP contribution in [0.3, 0.4) is 0 Å². The highest BCUT2D eigenvalue weighted by atomic mass is 19.2. The molecule has 1 heterocycles. The van der Waals surface area contributed by atoms with Gasteiger partial charge >= 0.3 is 0 Å². The van der Waals surface area contributed by atoms with Crippen molar-refractivity contribution in [2.45, 2.75) is 6.54 Å². The molecule has 27 heavy (non-hydrogen) atoms. The summed E-state index contributed by atoms with van der Waals surface area (Å²) in [6.45, 7) is 0.206. The minimum Gasteiger partial charge on any atom is -0.481 e. The van der Waals surface area contributed by atoms with E-state index in [4.69, 9.17) is 4.74 Å². The number of hydrogen-bond donors (Lipinski definition) is 1. The molecule has 0 aliphatic rings. The zero-order valence-electron chi connectivity index (χ0n) is 14.3. The Kier molecular flexibility index (Phi) is 5.25. The fraction of sp³-hybridized carbons (Fsp3) is 0.105. The SMILES string of the molecule is COc1cc(=O)c(C(=O)NCc2ccccc2)nn1-c1ccc(F)c(F)c1. The van der Waals surface area contributed by atoms with E-state index in [1.54, 1.807) is 0 Å². The number of amides is 1. The van der Waals surface area contributed by atoms with Gasteiger partial charge in [0.1, 0.15) is 0 Å². The summed E-state index contributed by atoms with van der Waals surface area (Å²) < 4.78 is 32.9. The van der Waals surface area contributed by atoms with Crippen molar-refractivity contribution < 1.29 is 18.3 Å². The molecule has 0 spiro atoms. The van der Waals surface area contributed by atoms with Crippen molar-refractivity contribution in [2.24, 2.45) is 0 Å². The first-order chi connectivity index (χ1) is 13.0. The van der Waals surface area contributed by atoms with E-state index >= 15 is 0 Å². The Hall–Kier alpha value is -3.55. The molecule has 8 heteroatoms. The summed E-state index contributed by atoms with van der Waals surface area (Å²) in [6, 6.07) is 13.3. The van der Waals surface area contributed by atoms with Gasteiger partial charge in [-0.3, -0.25) is 9.59 Å². The average molecular weight is 371 g/mol. The fourth-order valence-electron chi connectivity index (χ4n) is 2.41. The summed E-state index contributed by atoms with van der Waals surface area (Å²) in [7, 11) is 1.29. The third kappa shape index (κ3) is 4.00. The molecule has 0 aliphatic carbocycles. The summed E-state index contributed by atoms with van der Waals surface area (Å²) in [6.07, 6.45) is 0. The molecule has 1 amide bonds. The Morgan fingerprint density at radius 3 is 2.52 bits per heavy atom. The standard InChI is InChI=1S/C19H15F2N3O3/c1-27-17-10-16(25)18(19(26)22-11-12-5-3-2-4-6-12)23-24(17)13-7-8-14(20)15(21)9-13/h2-10H,11H2,1H3,(H,22,26). The Labute approximate surface area is 153 Å². The summed E-state index contributed by atoms with van der Waals surface area (Å²) in [5, 5.41) is 6.58. The second-order valence-corrected chi connectivity index (χ2v) is 5.58. The van der Waals surface area contributed by atoms with Crippen LogP contribution < -0.4 is 15.5 Å². The normalized spacial score (nSPS) is 10.5. The second kappa shape index (κ2) is 7.77. The summed E-state index contributed by atoms with van der Waals surface area (Å²) in [5.74, 6) is -2.84. The lowest BCUT2D eigenvalue weighted by atomic mass is 10.2. The second-order valence-electron chi connectivity index (χ2n) is 5.58. The number of hydrogen-bond acceptors (Lipinski definition) is 4. The third-order valence-electron chi connectivity index (χ3n) is 3.76. The number of nitrogens with zero attached hydrogens (tertiary/aromatic N) is 2. The first-order valence-electron chi connectivity index (χ1n) is 7.95. The van der Waals surface area contributed by atoms with Crippen molar-refractivity contribution in [1.29, 1.82) is 0 Å². The molecule has 0 aliphatic heterocycles. The number of carbonyl (C=O) groups excluding carboxylic acids is 1. The summed E-state index contributed by atoms with van der Waals surface area (Å²) >= 11 is 0. The van der Waals surface area contributed by atoms with Gasteiger partial charge in [0.25, 0.3) is 5.91 Å². The Bertz CT molecular complexity index is 1040. The van der Waals surface area contributed by atoms with Crippen LogP contribution in [0.5, 0.6) is 5.88 Å². The molecule has 0 saturated heterocycles. The van der Waals surface area contributed by atoms with Crippen molar-refractivity contribution in [1.82, 2.24) is 15.1 Å². The van der Waals surface area contributed by atoms with E-state index < -0.39 is 28.7 Å². The minimum absolute atomic E-state index is 0.0226. The largest absolute Gasteiger partial charge is 0.481 e. The maximum Gasteiger partial charge on any atom is 0.276 e. The van der Waals surface area contributed by atoms with Gasteiger partial charge in [0.15, 0.2) is 17.3 Å². The van der Waals surface area contributed by atoms with Crippen molar-refractivity contribution in [2.75, 3.05) is 7.11 Å². The van der Waals surface area contributed by atoms with Crippen LogP contribution in [0.15, 0.2) is 59.4 Å². The number of methoxy groups -OCH3 is 1. The van der Waals surface area contributed by atoms with Crippen LogP contribution in [0.2, 0.25) is 0 Å². The zero-order valence-corrected chi connectivity index (χ0v) is 14.3. The van der Waals surface area contributed by atoms with E-state index in [1.807, 2.05) is 30.3 Å². The van der Waals surface area contributed by atoms with E-state index in [2.05, 4.69) is 10.4 Å². The highest BCUT2D eigenvalue weighted by molar-refractivity contribution is 5.92. The lowest BCUT2D eigenvalue weighted by Gasteiger charge is -2.13. The smallest absolute Gasteiger partial charge is 0.276 e. The van der Waals surface area contributed by atoms with E-state index in [0.717, 1.165) is 28.4 Å². The predicted molar refractivity (Wildman–Crippen MR) is 93.9 cm³/mol. The van der Waals surface area contributed by atoms with Gasteiger partial charge in [-0.05, 0) is 17.7 Å². The van der Waals surface area contributed by atoms with Crippen LogP contribution in [0, 0.1) is 11.6 Å². The molecule has 0 radical (unpaired) electrons. The third-order valence-corrected chi connectivity index (χ3v) is 3.76. The maximum absolute atomic E-state index is 13.5. The van der Waals surface area contributed by atoms with E-state index in [-0.39, 0.29) is 18.1 Å². The molecule has 138 valence electrons. The topological polar surface area (TPSA) is 73.2 Å². The number of benzene rings is 2. The number of carbonyl (C=O) groups is 1. The molecule has 2 aromatic carbocycles. The molecule has 6 nitrogen and oxygen atoms in total. The molecule has 0 fully saturated rings. The van der Waals surface area contributed by atoms with Crippen LogP contribution in [0.1, 0.15) is 16.1 Å². The number of rotatable bonds is 5. The first kappa shape index (κ1) is 18.2. The van der Waals surface area contributed by atoms with Gasteiger partial charge in [-0.1, -0.05) is 30.3 Å². The molecular formula is C19H15F2N3O3. The Balaban J connectivity index is 1.95. The van der Waals surface area contributed by atoms with Crippen molar-refractivity contribution in [3.63, 3.8) is 0 Å². The van der Waals surface area contributed by atoms with Crippen LogP contribution in [-0.2, 0) is 6.54 Å². The van der Waals surface area contributed by atoms with Gasteiger partial charge in [-0.2, -0.15) is 5.10 Å². The number of halogens is 2. The van der Waals surface area contributed by atoms with Crippen molar-refractivity contribution >= 4 is 5.91 Å².